The molecule has 0 atom stereocenters. The lowest BCUT2D eigenvalue weighted by Gasteiger charge is -2.19. The average Bonchev–Trinajstić information content (AvgIpc) is 2.38. The maximum atomic E-state index is 13.7. The van der Waals surface area contributed by atoms with Crippen LogP contribution in [0.2, 0.25) is 0 Å². The first-order valence-electron chi connectivity index (χ1n) is 6.33. The standard InChI is InChI=1S/C14H15FN2O2S/c1-2-8-9(15)4-3-5-10(8)17-14(20)12-11(18)6-7-16-13(12)19/h3-5,18H,2,6-7H2,1H3,(H,16,19)(H,17,20). The minimum absolute atomic E-state index is 0.0410. The number of hydrogen-bond donors (Lipinski definition) is 3. The number of anilines is 1. The lowest BCUT2D eigenvalue weighted by molar-refractivity contribution is -0.117. The third-order valence-corrected chi connectivity index (χ3v) is 3.42. The normalized spacial score (nSPS) is 15.0. The molecule has 20 heavy (non-hydrogen) atoms. The van der Waals surface area contributed by atoms with E-state index in [0.29, 0.717) is 30.6 Å². The Morgan fingerprint density at radius 2 is 2.30 bits per heavy atom. The summed E-state index contributed by atoms with van der Waals surface area (Å²) >= 11 is 5.15. The van der Waals surface area contributed by atoms with Gasteiger partial charge in [0.2, 0.25) is 0 Å². The van der Waals surface area contributed by atoms with Crippen LogP contribution < -0.4 is 10.6 Å². The molecule has 1 aliphatic heterocycles. The molecule has 1 aliphatic rings. The first-order chi connectivity index (χ1) is 9.54. The number of carbonyl (C=O) groups excluding carboxylic acids is 1. The van der Waals surface area contributed by atoms with Gasteiger partial charge in [0.15, 0.2) is 0 Å². The monoisotopic (exact) mass is 294 g/mol. The molecule has 1 aromatic carbocycles. The number of carbonyl (C=O) groups is 1. The Kier molecular flexibility index (Phi) is 4.34. The zero-order chi connectivity index (χ0) is 14.7. The van der Waals surface area contributed by atoms with Gasteiger partial charge in [-0.15, -0.1) is 0 Å². The Bertz CT molecular complexity index is 599. The summed E-state index contributed by atoms with van der Waals surface area (Å²) in [5.74, 6) is -0.784. The van der Waals surface area contributed by atoms with Crippen LogP contribution in [-0.2, 0) is 11.2 Å². The van der Waals surface area contributed by atoms with Crippen LogP contribution in [0, 0.1) is 5.82 Å². The first kappa shape index (κ1) is 14.5. The van der Waals surface area contributed by atoms with Crippen molar-refractivity contribution < 1.29 is 14.3 Å². The van der Waals surface area contributed by atoms with Crippen LogP contribution in [0.4, 0.5) is 10.1 Å². The molecule has 0 spiro atoms. The number of aliphatic hydroxyl groups excluding tert-OH is 1. The van der Waals surface area contributed by atoms with Gasteiger partial charge in [-0.2, -0.15) is 0 Å². The molecule has 1 heterocycles. The molecule has 1 amide bonds. The third-order valence-electron chi connectivity index (χ3n) is 3.11. The lowest BCUT2D eigenvalue weighted by Crippen LogP contribution is -2.36. The van der Waals surface area contributed by atoms with E-state index in [1.807, 2.05) is 6.92 Å². The van der Waals surface area contributed by atoms with Crippen molar-refractivity contribution in [3.63, 3.8) is 0 Å². The van der Waals surface area contributed by atoms with Crippen molar-refractivity contribution >= 4 is 28.8 Å². The molecular weight excluding hydrogens is 279 g/mol. The second-order valence-electron chi connectivity index (χ2n) is 4.40. The fourth-order valence-corrected chi connectivity index (χ4v) is 2.41. The van der Waals surface area contributed by atoms with Crippen LogP contribution in [0.5, 0.6) is 0 Å². The molecule has 106 valence electrons. The van der Waals surface area contributed by atoms with Crippen molar-refractivity contribution in [1.29, 1.82) is 0 Å². The SMILES string of the molecule is CCc1c(F)cccc1NC(=S)C1=C(O)CCNC1=O. The van der Waals surface area contributed by atoms with Crippen molar-refractivity contribution in [1.82, 2.24) is 5.32 Å². The van der Waals surface area contributed by atoms with Gasteiger partial charge in [0.05, 0.1) is 0 Å². The predicted molar refractivity (Wildman–Crippen MR) is 79.3 cm³/mol. The van der Waals surface area contributed by atoms with Crippen molar-refractivity contribution in [3.05, 3.63) is 40.9 Å². The molecular formula is C14H15FN2O2S. The topological polar surface area (TPSA) is 61.4 Å². The van der Waals surface area contributed by atoms with E-state index in [9.17, 15) is 14.3 Å². The van der Waals surface area contributed by atoms with Crippen molar-refractivity contribution in [2.75, 3.05) is 11.9 Å². The van der Waals surface area contributed by atoms with Gasteiger partial charge in [-0.25, -0.2) is 4.39 Å². The number of halogens is 1. The largest absolute Gasteiger partial charge is 0.511 e. The van der Waals surface area contributed by atoms with Crippen LogP contribution in [-0.4, -0.2) is 22.5 Å². The molecule has 1 aromatic rings. The number of thiocarbonyl (C=S) groups is 1. The molecule has 3 N–H and O–H groups in total. The highest BCUT2D eigenvalue weighted by Gasteiger charge is 2.24. The van der Waals surface area contributed by atoms with Gasteiger partial charge in [0.1, 0.15) is 22.1 Å². The predicted octanol–water partition coefficient (Wildman–Crippen LogP) is 2.46. The average molecular weight is 294 g/mol. The van der Waals surface area contributed by atoms with Crippen molar-refractivity contribution in [2.45, 2.75) is 19.8 Å². The van der Waals surface area contributed by atoms with Gasteiger partial charge >= 0.3 is 0 Å². The van der Waals surface area contributed by atoms with E-state index in [2.05, 4.69) is 10.6 Å². The summed E-state index contributed by atoms with van der Waals surface area (Å²) in [5.41, 5.74) is 1.06. The van der Waals surface area contributed by atoms with Crippen LogP contribution in [0.1, 0.15) is 18.9 Å². The molecule has 0 unspecified atom stereocenters. The molecule has 0 bridgehead atoms. The Labute approximate surface area is 121 Å². The quantitative estimate of drug-likeness (QED) is 0.749. The number of rotatable bonds is 3. The fourth-order valence-electron chi connectivity index (χ4n) is 2.09. The van der Waals surface area contributed by atoms with E-state index in [4.69, 9.17) is 12.2 Å². The second kappa shape index (κ2) is 6.00. The fraction of sp³-hybridized carbons (Fsp3) is 0.286. The van der Waals surface area contributed by atoms with Crippen LogP contribution in [0.25, 0.3) is 0 Å². The van der Waals surface area contributed by atoms with E-state index in [0.717, 1.165) is 0 Å². The van der Waals surface area contributed by atoms with Gasteiger partial charge in [0.25, 0.3) is 5.91 Å². The maximum Gasteiger partial charge on any atom is 0.257 e. The van der Waals surface area contributed by atoms with E-state index < -0.39 is 5.91 Å². The molecule has 6 heteroatoms. The van der Waals surface area contributed by atoms with Gasteiger partial charge in [-0.3, -0.25) is 4.79 Å². The Balaban J connectivity index is 2.29. The van der Waals surface area contributed by atoms with Crippen molar-refractivity contribution in [3.8, 4) is 0 Å². The summed E-state index contributed by atoms with van der Waals surface area (Å²) in [6.45, 7) is 2.22. The highest BCUT2D eigenvalue weighted by atomic mass is 32.1. The number of aliphatic hydroxyl groups is 1. The summed E-state index contributed by atoms with van der Waals surface area (Å²) in [7, 11) is 0. The molecule has 0 fully saturated rings. The van der Waals surface area contributed by atoms with E-state index >= 15 is 0 Å². The second-order valence-corrected chi connectivity index (χ2v) is 4.81. The number of benzene rings is 1. The highest BCUT2D eigenvalue weighted by Crippen LogP contribution is 2.22. The molecule has 0 saturated heterocycles. The maximum absolute atomic E-state index is 13.7. The number of amides is 1. The van der Waals surface area contributed by atoms with Gasteiger partial charge in [-0.1, -0.05) is 25.2 Å². The summed E-state index contributed by atoms with van der Waals surface area (Å²) < 4.78 is 13.7. The van der Waals surface area contributed by atoms with Crippen LogP contribution in [0.15, 0.2) is 29.5 Å². The molecule has 0 saturated carbocycles. The Morgan fingerprint density at radius 3 is 2.95 bits per heavy atom. The van der Waals surface area contributed by atoms with Crippen LogP contribution in [0.3, 0.4) is 0 Å². The lowest BCUT2D eigenvalue weighted by atomic mass is 10.1. The van der Waals surface area contributed by atoms with Gasteiger partial charge in [-0.05, 0) is 18.6 Å². The van der Waals surface area contributed by atoms with E-state index in [1.54, 1.807) is 12.1 Å². The molecule has 0 aliphatic carbocycles. The number of nitrogens with one attached hydrogen (secondary N) is 2. The molecule has 4 nitrogen and oxygen atoms in total. The number of hydrogen-bond acceptors (Lipinski definition) is 3. The van der Waals surface area contributed by atoms with Gasteiger partial charge in [0, 0.05) is 24.2 Å². The first-order valence-corrected chi connectivity index (χ1v) is 6.74. The van der Waals surface area contributed by atoms with Gasteiger partial charge < -0.3 is 15.7 Å². The Morgan fingerprint density at radius 1 is 1.55 bits per heavy atom. The summed E-state index contributed by atoms with van der Waals surface area (Å²) in [6, 6.07) is 4.62. The third kappa shape index (κ3) is 2.80. The Hall–Kier alpha value is -1.95. The van der Waals surface area contributed by atoms with Crippen LogP contribution >= 0.6 is 12.2 Å². The molecule has 0 radical (unpaired) electrons. The molecule has 0 aromatic heterocycles. The van der Waals surface area contributed by atoms with E-state index in [-0.39, 0.29) is 22.1 Å². The zero-order valence-electron chi connectivity index (χ0n) is 11.0. The molecule has 2 rings (SSSR count). The highest BCUT2D eigenvalue weighted by molar-refractivity contribution is 7.81. The summed E-state index contributed by atoms with van der Waals surface area (Å²) in [4.78, 5) is 11.8. The summed E-state index contributed by atoms with van der Waals surface area (Å²) in [6.07, 6.45) is 0.835. The minimum atomic E-state index is -0.416. The smallest absolute Gasteiger partial charge is 0.257 e. The minimum Gasteiger partial charge on any atom is -0.511 e. The zero-order valence-corrected chi connectivity index (χ0v) is 11.8. The van der Waals surface area contributed by atoms with Crippen molar-refractivity contribution in [2.24, 2.45) is 0 Å². The summed E-state index contributed by atoms with van der Waals surface area (Å²) in [5, 5.41) is 15.2. The van der Waals surface area contributed by atoms with E-state index in [1.165, 1.54) is 6.07 Å².